The predicted molar refractivity (Wildman–Crippen MR) is 58.7 cm³/mol. The van der Waals surface area contributed by atoms with Crippen LogP contribution >= 0.6 is 0 Å². The summed E-state index contributed by atoms with van der Waals surface area (Å²) in [5.74, 6) is 1.78. The van der Waals surface area contributed by atoms with Gasteiger partial charge < -0.3 is 9.73 Å². The van der Waals surface area contributed by atoms with Gasteiger partial charge in [0.15, 0.2) is 0 Å². The van der Waals surface area contributed by atoms with E-state index in [1.165, 1.54) is 0 Å². The minimum atomic E-state index is 0.566. The highest BCUT2D eigenvalue weighted by Gasteiger charge is 2.17. The number of rotatable bonds is 2. The third-order valence-corrected chi connectivity index (χ3v) is 2.88. The molecule has 0 radical (unpaired) electrons. The Bertz CT molecular complexity index is 315. The van der Waals surface area contributed by atoms with Crippen molar-refractivity contribution in [2.75, 3.05) is 19.6 Å². The third-order valence-electron chi connectivity index (χ3n) is 2.88. The maximum Gasteiger partial charge on any atom is 0.208 e. The molecule has 0 aromatic carbocycles. The van der Waals surface area contributed by atoms with Crippen LogP contribution in [-0.4, -0.2) is 35.6 Å². The molecule has 1 saturated heterocycles. The molecule has 4 nitrogen and oxygen atoms in total. The number of hydrogen-bond acceptors (Lipinski definition) is 4. The number of nitrogens with zero attached hydrogens (tertiary/aromatic N) is 2. The lowest BCUT2D eigenvalue weighted by Crippen LogP contribution is -2.48. The van der Waals surface area contributed by atoms with Crippen LogP contribution < -0.4 is 5.32 Å². The summed E-state index contributed by atoms with van der Waals surface area (Å²) in [6, 6.07) is 0.566. The van der Waals surface area contributed by atoms with Crippen LogP contribution in [0.15, 0.2) is 4.42 Å². The largest absolute Gasteiger partial charge is 0.444 e. The fraction of sp³-hybridized carbons (Fsp3) is 0.727. The van der Waals surface area contributed by atoms with Crippen molar-refractivity contribution < 1.29 is 4.42 Å². The van der Waals surface area contributed by atoms with Crippen molar-refractivity contribution in [3.05, 3.63) is 17.3 Å². The van der Waals surface area contributed by atoms with E-state index in [0.29, 0.717) is 6.04 Å². The third kappa shape index (κ3) is 2.58. The Morgan fingerprint density at radius 3 is 2.93 bits per heavy atom. The van der Waals surface area contributed by atoms with Crippen molar-refractivity contribution in [1.29, 1.82) is 0 Å². The Kier molecular flexibility index (Phi) is 3.07. The molecule has 1 aromatic heterocycles. The van der Waals surface area contributed by atoms with Gasteiger partial charge in [0.05, 0.1) is 12.2 Å². The molecule has 2 heterocycles. The summed E-state index contributed by atoms with van der Waals surface area (Å²) in [6.45, 7) is 10.2. The summed E-state index contributed by atoms with van der Waals surface area (Å²) in [6.07, 6.45) is 0. The highest BCUT2D eigenvalue weighted by molar-refractivity contribution is 5.05. The van der Waals surface area contributed by atoms with Gasteiger partial charge in [-0.25, -0.2) is 4.98 Å². The lowest BCUT2D eigenvalue weighted by molar-refractivity contribution is 0.183. The molecule has 1 aliphatic rings. The number of piperazine rings is 1. The van der Waals surface area contributed by atoms with Crippen LogP contribution in [-0.2, 0) is 6.54 Å². The maximum atomic E-state index is 5.58. The van der Waals surface area contributed by atoms with Crippen molar-refractivity contribution >= 4 is 0 Å². The van der Waals surface area contributed by atoms with Crippen LogP contribution in [0.3, 0.4) is 0 Å². The molecular formula is C11H19N3O. The highest BCUT2D eigenvalue weighted by Crippen LogP contribution is 2.11. The standard InChI is InChI=1S/C11H19N3O/c1-8-6-14(5-4-12-8)7-11-13-9(2)10(3)15-11/h8,12H,4-7H2,1-3H3/t8-/m0/s1. The van der Waals surface area contributed by atoms with E-state index in [0.717, 1.165) is 43.5 Å². The first kappa shape index (κ1) is 10.6. The van der Waals surface area contributed by atoms with E-state index in [4.69, 9.17) is 4.42 Å². The summed E-state index contributed by atoms with van der Waals surface area (Å²) in [5.41, 5.74) is 1.01. The van der Waals surface area contributed by atoms with Gasteiger partial charge in [-0.05, 0) is 20.8 Å². The molecule has 84 valence electrons. The molecule has 0 bridgehead atoms. The number of hydrogen-bond donors (Lipinski definition) is 1. The topological polar surface area (TPSA) is 41.3 Å². The van der Waals surface area contributed by atoms with Crippen LogP contribution in [0, 0.1) is 13.8 Å². The van der Waals surface area contributed by atoms with Crippen LogP contribution in [0.2, 0.25) is 0 Å². The molecule has 0 saturated carbocycles. The Balaban J connectivity index is 1.96. The molecule has 1 aromatic rings. The first-order valence-electron chi connectivity index (χ1n) is 5.54. The molecule has 0 unspecified atom stereocenters. The van der Waals surface area contributed by atoms with Crippen molar-refractivity contribution in [2.45, 2.75) is 33.4 Å². The Morgan fingerprint density at radius 2 is 2.33 bits per heavy atom. The fourth-order valence-corrected chi connectivity index (χ4v) is 1.95. The first-order valence-corrected chi connectivity index (χ1v) is 5.54. The average molecular weight is 209 g/mol. The average Bonchev–Trinajstić information content (AvgIpc) is 2.45. The summed E-state index contributed by atoms with van der Waals surface area (Å²) < 4.78 is 5.58. The second kappa shape index (κ2) is 4.33. The lowest BCUT2D eigenvalue weighted by Gasteiger charge is -2.30. The summed E-state index contributed by atoms with van der Waals surface area (Å²) in [4.78, 5) is 6.78. The molecule has 2 rings (SSSR count). The summed E-state index contributed by atoms with van der Waals surface area (Å²) in [5, 5.41) is 3.42. The number of aryl methyl sites for hydroxylation is 2. The maximum absolute atomic E-state index is 5.58. The van der Waals surface area contributed by atoms with Gasteiger partial charge in [-0.2, -0.15) is 0 Å². The number of oxazole rings is 1. The molecule has 1 fully saturated rings. The van der Waals surface area contributed by atoms with Crippen LogP contribution in [0.1, 0.15) is 24.3 Å². The second-order valence-corrected chi connectivity index (χ2v) is 4.34. The normalized spacial score (nSPS) is 23.3. The zero-order chi connectivity index (χ0) is 10.8. The summed E-state index contributed by atoms with van der Waals surface area (Å²) >= 11 is 0. The first-order chi connectivity index (χ1) is 7.15. The van der Waals surface area contributed by atoms with Gasteiger partial charge in [-0.15, -0.1) is 0 Å². The van der Waals surface area contributed by atoms with E-state index in [-0.39, 0.29) is 0 Å². The van der Waals surface area contributed by atoms with Crippen molar-refractivity contribution in [3.63, 3.8) is 0 Å². The second-order valence-electron chi connectivity index (χ2n) is 4.34. The van der Waals surface area contributed by atoms with Crippen LogP contribution in [0.25, 0.3) is 0 Å². The molecule has 0 amide bonds. The smallest absolute Gasteiger partial charge is 0.208 e. The zero-order valence-electron chi connectivity index (χ0n) is 9.71. The molecule has 1 atom stereocenters. The monoisotopic (exact) mass is 209 g/mol. The van der Waals surface area contributed by atoms with E-state index in [2.05, 4.69) is 22.1 Å². The molecule has 1 N–H and O–H groups in total. The highest BCUT2D eigenvalue weighted by atomic mass is 16.4. The van der Waals surface area contributed by atoms with Gasteiger partial charge in [0.2, 0.25) is 5.89 Å². The van der Waals surface area contributed by atoms with Gasteiger partial charge in [0.25, 0.3) is 0 Å². The van der Waals surface area contributed by atoms with E-state index in [1.54, 1.807) is 0 Å². The Morgan fingerprint density at radius 1 is 1.53 bits per heavy atom. The van der Waals surface area contributed by atoms with Gasteiger partial charge in [0.1, 0.15) is 5.76 Å². The van der Waals surface area contributed by atoms with Gasteiger partial charge >= 0.3 is 0 Å². The number of nitrogens with one attached hydrogen (secondary N) is 1. The van der Waals surface area contributed by atoms with E-state index in [1.807, 2.05) is 13.8 Å². The van der Waals surface area contributed by atoms with Crippen molar-refractivity contribution in [2.24, 2.45) is 0 Å². The molecule has 15 heavy (non-hydrogen) atoms. The van der Waals surface area contributed by atoms with Crippen LogP contribution in [0.5, 0.6) is 0 Å². The molecule has 0 aliphatic carbocycles. The molecular weight excluding hydrogens is 190 g/mol. The number of aromatic nitrogens is 1. The predicted octanol–water partition coefficient (Wildman–Crippen LogP) is 1.09. The minimum Gasteiger partial charge on any atom is -0.444 e. The van der Waals surface area contributed by atoms with E-state index >= 15 is 0 Å². The van der Waals surface area contributed by atoms with Gasteiger partial charge in [-0.1, -0.05) is 0 Å². The van der Waals surface area contributed by atoms with Crippen LogP contribution in [0.4, 0.5) is 0 Å². The van der Waals surface area contributed by atoms with Gasteiger partial charge in [-0.3, -0.25) is 4.90 Å². The van der Waals surface area contributed by atoms with Gasteiger partial charge in [0, 0.05) is 25.7 Å². The fourth-order valence-electron chi connectivity index (χ4n) is 1.95. The SMILES string of the molecule is Cc1nc(CN2CCN[C@@H](C)C2)oc1C. The molecule has 1 aliphatic heterocycles. The van der Waals surface area contributed by atoms with E-state index in [9.17, 15) is 0 Å². The van der Waals surface area contributed by atoms with Crippen molar-refractivity contribution in [3.8, 4) is 0 Å². The Hall–Kier alpha value is -0.870. The molecule has 0 spiro atoms. The minimum absolute atomic E-state index is 0.566. The molecule has 4 heteroatoms. The lowest BCUT2D eigenvalue weighted by atomic mass is 10.2. The zero-order valence-corrected chi connectivity index (χ0v) is 9.71. The summed E-state index contributed by atoms with van der Waals surface area (Å²) in [7, 11) is 0. The van der Waals surface area contributed by atoms with E-state index < -0.39 is 0 Å². The Labute approximate surface area is 90.7 Å². The quantitative estimate of drug-likeness (QED) is 0.791. The van der Waals surface area contributed by atoms with Crippen molar-refractivity contribution in [1.82, 2.24) is 15.2 Å².